The van der Waals surface area contributed by atoms with Crippen molar-refractivity contribution in [1.82, 2.24) is 4.90 Å². The molecule has 1 aromatic heterocycles. The van der Waals surface area contributed by atoms with E-state index in [1.54, 1.807) is 24.3 Å². The van der Waals surface area contributed by atoms with E-state index in [1.807, 2.05) is 0 Å². The zero-order valence-corrected chi connectivity index (χ0v) is 12.6. The van der Waals surface area contributed by atoms with Crippen LogP contribution < -0.4 is 5.32 Å². The van der Waals surface area contributed by atoms with Gasteiger partial charge >= 0.3 is 0 Å². The molecule has 0 unspecified atom stereocenters. The fourth-order valence-corrected chi connectivity index (χ4v) is 1.99. The Morgan fingerprint density at radius 3 is 2.43 bits per heavy atom. The summed E-state index contributed by atoms with van der Waals surface area (Å²) in [5.74, 6) is -0.715. The van der Waals surface area contributed by atoms with Gasteiger partial charge < -0.3 is 14.6 Å². The predicted octanol–water partition coefficient (Wildman–Crippen LogP) is 3.30. The van der Waals surface area contributed by atoms with E-state index in [1.165, 1.54) is 24.3 Å². The second-order valence-corrected chi connectivity index (χ2v) is 5.10. The fourth-order valence-electron chi connectivity index (χ4n) is 1.67. The molecule has 0 aliphatic carbocycles. The summed E-state index contributed by atoms with van der Waals surface area (Å²) in [6.45, 7) is -0.108. The molecule has 1 aromatic carbocycles. The highest BCUT2D eigenvalue weighted by Crippen LogP contribution is 2.18. The topological polar surface area (TPSA) is 62.6 Å². The van der Waals surface area contributed by atoms with Crippen LogP contribution in [0.25, 0.3) is 0 Å². The molecule has 0 saturated heterocycles. The number of hydrogen-bond donors (Lipinski definition) is 1. The second kappa shape index (κ2) is 6.65. The first-order valence-electron chi connectivity index (χ1n) is 6.01. The van der Waals surface area contributed by atoms with Crippen LogP contribution in [-0.4, -0.2) is 30.3 Å². The molecule has 0 aliphatic heterocycles. The Bertz CT molecular complexity index is 652. The molecule has 0 radical (unpaired) electrons. The first-order chi connectivity index (χ1) is 9.97. The van der Waals surface area contributed by atoms with Crippen LogP contribution in [-0.2, 0) is 4.79 Å². The van der Waals surface area contributed by atoms with Crippen molar-refractivity contribution < 1.29 is 14.0 Å². The molecule has 21 heavy (non-hydrogen) atoms. The monoisotopic (exact) mass is 326 g/mol. The lowest BCUT2D eigenvalue weighted by Gasteiger charge is -2.16. The Hall–Kier alpha value is -1.98. The number of likely N-dealkylation sites (N-methyl/N-ethyl adjacent to an activating group) is 1. The van der Waals surface area contributed by atoms with Crippen LogP contribution in [0, 0.1) is 0 Å². The third kappa shape index (κ3) is 4.00. The van der Waals surface area contributed by atoms with Crippen molar-refractivity contribution in [2.24, 2.45) is 0 Å². The van der Waals surface area contributed by atoms with Gasteiger partial charge in [-0.3, -0.25) is 9.59 Å². The third-order valence-corrected chi connectivity index (χ3v) is 3.25. The summed E-state index contributed by atoms with van der Waals surface area (Å²) in [5, 5.41) is 3.25. The number of nitrogens with one attached hydrogen (secondary N) is 1. The quantitative estimate of drug-likeness (QED) is 0.937. The Balaban J connectivity index is 1.94. The van der Waals surface area contributed by atoms with Gasteiger partial charge in [0.2, 0.25) is 11.1 Å². The minimum absolute atomic E-state index is 0.00459. The van der Waals surface area contributed by atoms with Crippen LogP contribution >= 0.6 is 23.2 Å². The molecule has 1 heterocycles. The zero-order chi connectivity index (χ0) is 15.4. The molecule has 0 saturated carbocycles. The van der Waals surface area contributed by atoms with E-state index in [2.05, 4.69) is 5.32 Å². The van der Waals surface area contributed by atoms with Crippen LogP contribution in [0.3, 0.4) is 0 Å². The van der Waals surface area contributed by atoms with Crippen molar-refractivity contribution >= 4 is 40.7 Å². The SMILES string of the molecule is CN(CC(=O)Nc1ccc(Cl)cc1)C(=O)c1ccoc1Cl. The molecule has 2 rings (SSSR count). The minimum atomic E-state index is -0.389. The molecular formula is C14H12Cl2N2O3. The van der Waals surface area contributed by atoms with Crippen molar-refractivity contribution in [2.75, 3.05) is 18.9 Å². The van der Waals surface area contributed by atoms with Gasteiger partial charge in [-0.25, -0.2) is 0 Å². The normalized spacial score (nSPS) is 10.2. The number of anilines is 1. The van der Waals surface area contributed by atoms with E-state index in [9.17, 15) is 9.59 Å². The van der Waals surface area contributed by atoms with E-state index in [0.29, 0.717) is 10.7 Å². The van der Waals surface area contributed by atoms with Gasteiger partial charge in [-0.15, -0.1) is 0 Å². The molecule has 0 spiro atoms. The van der Waals surface area contributed by atoms with E-state index in [0.717, 1.165) is 0 Å². The number of amides is 2. The average Bonchev–Trinajstić information content (AvgIpc) is 2.86. The van der Waals surface area contributed by atoms with E-state index in [-0.39, 0.29) is 29.1 Å². The summed E-state index contributed by atoms with van der Waals surface area (Å²) < 4.78 is 4.85. The van der Waals surface area contributed by atoms with Crippen LogP contribution in [0.4, 0.5) is 5.69 Å². The van der Waals surface area contributed by atoms with Gasteiger partial charge in [-0.05, 0) is 41.9 Å². The van der Waals surface area contributed by atoms with Crippen LogP contribution in [0.2, 0.25) is 10.2 Å². The van der Waals surface area contributed by atoms with Gasteiger partial charge in [0.1, 0.15) is 0 Å². The smallest absolute Gasteiger partial charge is 0.258 e. The summed E-state index contributed by atoms with van der Waals surface area (Å²) in [6, 6.07) is 8.14. The van der Waals surface area contributed by atoms with Gasteiger partial charge in [0.15, 0.2) is 0 Å². The van der Waals surface area contributed by atoms with Crippen molar-refractivity contribution in [3.8, 4) is 0 Å². The zero-order valence-electron chi connectivity index (χ0n) is 11.1. The molecule has 2 amide bonds. The Labute approximate surface area is 131 Å². The molecule has 0 aliphatic rings. The summed E-state index contributed by atoms with van der Waals surface area (Å²) >= 11 is 11.5. The van der Waals surface area contributed by atoms with Crippen LogP contribution in [0.1, 0.15) is 10.4 Å². The summed E-state index contributed by atoms with van der Waals surface area (Å²) in [4.78, 5) is 25.2. The first kappa shape index (κ1) is 15.4. The van der Waals surface area contributed by atoms with Gasteiger partial charge in [0, 0.05) is 17.8 Å². The largest absolute Gasteiger partial charge is 0.452 e. The number of hydrogen-bond acceptors (Lipinski definition) is 3. The highest BCUT2D eigenvalue weighted by molar-refractivity contribution is 6.32. The van der Waals surface area contributed by atoms with Crippen LogP contribution in [0.15, 0.2) is 41.0 Å². The van der Waals surface area contributed by atoms with Crippen molar-refractivity contribution in [1.29, 1.82) is 0 Å². The molecule has 5 nitrogen and oxygen atoms in total. The summed E-state index contributed by atoms with van der Waals surface area (Å²) in [6.07, 6.45) is 1.32. The molecule has 7 heteroatoms. The molecule has 0 bridgehead atoms. The number of carbonyl (C=O) groups excluding carboxylic acids is 2. The van der Waals surface area contributed by atoms with Gasteiger partial charge in [0.05, 0.1) is 18.4 Å². The summed E-state index contributed by atoms with van der Waals surface area (Å²) in [5.41, 5.74) is 0.824. The number of halogens is 2. The highest BCUT2D eigenvalue weighted by Gasteiger charge is 2.19. The van der Waals surface area contributed by atoms with Gasteiger partial charge in [-0.2, -0.15) is 0 Å². The Morgan fingerprint density at radius 2 is 1.86 bits per heavy atom. The molecule has 0 fully saturated rings. The van der Waals surface area contributed by atoms with E-state index >= 15 is 0 Å². The number of benzene rings is 1. The summed E-state index contributed by atoms with van der Waals surface area (Å²) in [7, 11) is 1.51. The maximum Gasteiger partial charge on any atom is 0.258 e. The molecule has 110 valence electrons. The Morgan fingerprint density at radius 1 is 1.19 bits per heavy atom. The van der Waals surface area contributed by atoms with Gasteiger partial charge in [0.25, 0.3) is 5.91 Å². The lowest BCUT2D eigenvalue weighted by atomic mass is 10.3. The third-order valence-electron chi connectivity index (χ3n) is 2.70. The van der Waals surface area contributed by atoms with E-state index < -0.39 is 0 Å². The number of nitrogens with zero attached hydrogens (tertiary/aromatic N) is 1. The molecule has 1 N–H and O–H groups in total. The van der Waals surface area contributed by atoms with Crippen molar-refractivity contribution in [3.63, 3.8) is 0 Å². The van der Waals surface area contributed by atoms with Gasteiger partial charge in [-0.1, -0.05) is 11.6 Å². The average molecular weight is 327 g/mol. The maximum atomic E-state index is 12.0. The fraction of sp³-hybridized carbons (Fsp3) is 0.143. The predicted molar refractivity (Wildman–Crippen MR) is 80.8 cm³/mol. The Kier molecular flexibility index (Phi) is 4.88. The lowest BCUT2D eigenvalue weighted by Crippen LogP contribution is -2.34. The number of furan rings is 1. The molecule has 2 aromatic rings. The molecule has 0 atom stereocenters. The maximum absolute atomic E-state index is 12.0. The molecular weight excluding hydrogens is 315 g/mol. The van der Waals surface area contributed by atoms with Crippen molar-refractivity contribution in [2.45, 2.75) is 0 Å². The van der Waals surface area contributed by atoms with Crippen LogP contribution in [0.5, 0.6) is 0 Å². The van der Waals surface area contributed by atoms with E-state index in [4.69, 9.17) is 27.6 Å². The number of rotatable bonds is 4. The number of carbonyl (C=O) groups is 2. The minimum Gasteiger partial charge on any atom is -0.452 e. The van der Waals surface area contributed by atoms with Crippen molar-refractivity contribution in [3.05, 3.63) is 52.4 Å². The first-order valence-corrected chi connectivity index (χ1v) is 6.77. The lowest BCUT2D eigenvalue weighted by molar-refractivity contribution is -0.116. The second-order valence-electron chi connectivity index (χ2n) is 4.32. The standard InChI is InChI=1S/C14H12Cl2N2O3/c1-18(14(20)11-6-7-21-13(11)16)8-12(19)17-10-4-2-9(15)3-5-10/h2-7H,8H2,1H3,(H,17,19). The highest BCUT2D eigenvalue weighted by atomic mass is 35.5.